The van der Waals surface area contributed by atoms with Crippen LogP contribution in [-0.2, 0) is 20.9 Å². The van der Waals surface area contributed by atoms with Crippen LogP contribution in [0.15, 0.2) is 77.7 Å². The highest BCUT2D eigenvalue weighted by Gasteiger charge is 2.32. The van der Waals surface area contributed by atoms with E-state index >= 15 is 0 Å². The first kappa shape index (κ1) is 24.9. The number of aromatic carboxylic acids is 1. The SMILES string of the molecule is CC(=O)Nc1cccc([C@H]2O[C@@H](CSc3ccc(C(=O)O)cc3)C[C@@H](c3ccc(CO)cc3)O2)c1. The lowest BCUT2D eigenvalue weighted by molar-refractivity contribution is -0.245. The molecule has 0 unspecified atom stereocenters. The number of nitrogens with one attached hydrogen (secondary N) is 1. The maximum absolute atomic E-state index is 11.5. The average Bonchev–Trinajstić information content (AvgIpc) is 2.87. The van der Waals surface area contributed by atoms with Crippen molar-refractivity contribution >= 4 is 29.3 Å². The number of amides is 1. The van der Waals surface area contributed by atoms with Gasteiger partial charge in [0.05, 0.1) is 24.4 Å². The number of carboxylic acid groups (broad SMARTS) is 1. The Hall–Kier alpha value is -3.17. The van der Waals surface area contributed by atoms with Gasteiger partial charge >= 0.3 is 5.97 Å². The van der Waals surface area contributed by atoms with E-state index in [1.807, 2.05) is 48.5 Å². The van der Waals surface area contributed by atoms with Crippen LogP contribution in [0, 0.1) is 0 Å². The number of aliphatic hydroxyl groups excluding tert-OH is 1. The summed E-state index contributed by atoms with van der Waals surface area (Å²) in [7, 11) is 0. The Morgan fingerprint density at radius 1 is 1.00 bits per heavy atom. The van der Waals surface area contributed by atoms with Gasteiger partial charge in [0.2, 0.25) is 5.91 Å². The molecule has 0 spiro atoms. The van der Waals surface area contributed by atoms with Crippen molar-refractivity contribution in [2.75, 3.05) is 11.1 Å². The van der Waals surface area contributed by atoms with Crippen molar-refractivity contribution in [3.05, 3.63) is 95.1 Å². The Bertz CT molecular complexity index is 1170. The summed E-state index contributed by atoms with van der Waals surface area (Å²) in [6, 6.07) is 21.9. The summed E-state index contributed by atoms with van der Waals surface area (Å²) in [5, 5.41) is 21.3. The summed E-state index contributed by atoms with van der Waals surface area (Å²) >= 11 is 1.60. The number of hydrogen-bond acceptors (Lipinski definition) is 6. The first-order chi connectivity index (χ1) is 16.9. The zero-order valence-corrected chi connectivity index (χ0v) is 20.0. The number of anilines is 1. The molecule has 3 aromatic carbocycles. The molecule has 0 radical (unpaired) electrons. The molecule has 3 aromatic rings. The molecule has 1 aliphatic heterocycles. The maximum Gasteiger partial charge on any atom is 0.335 e. The summed E-state index contributed by atoms with van der Waals surface area (Å²) in [5.41, 5.74) is 3.54. The maximum atomic E-state index is 11.5. The number of hydrogen-bond donors (Lipinski definition) is 3. The largest absolute Gasteiger partial charge is 0.478 e. The van der Waals surface area contributed by atoms with Gasteiger partial charge in [0, 0.05) is 35.2 Å². The second-order valence-corrected chi connectivity index (χ2v) is 9.39. The molecular formula is C27H27NO6S. The van der Waals surface area contributed by atoms with Crippen molar-refractivity contribution in [2.24, 2.45) is 0 Å². The molecule has 182 valence electrons. The third kappa shape index (κ3) is 6.70. The first-order valence-corrected chi connectivity index (χ1v) is 12.2. The number of ether oxygens (including phenoxy) is 2. The van der Waals surface area contributed by atoms with E-state index in [9.17, 15) is 14.7 Å². The van der Waals surface area contributed by atoms with E-state index in [0.717, 1.165) is 21.6 Å². The van der Waals surface area contributed by atoms with Gasteiger partial charge < -0.3 is 25.0 Å². The molecular weight excluding hydrogens is 466 g/mol. The van der Waals surface area contributed by atoms with Crippen LogP contribution in [-0.4, -0.2) is 33.9 Å². The topological polar surface area (TPSA) is 105 Å². The fraction of sp³-hybridized carbons (Fsp3) is 0.259. The smallest absolute Gasteiger partial charge is 0.335 e. The van der Waals surface area contributed by atoms with E-state index in [1.165, 1.54) is 6.92 Å². The standard InChI is InChI=1S/C27H27NO6S/c1-17(30)28-22-4-2-3-21(13-22)27-33-23(16-35-24-11-9-20(10-12-24)26(31)32)14-25(34-27)19-7-5-18(15-29)6-8-19/h2-13,23,25,27,29H,14-16H2,1H3,(H,28,30)(H,31,32)/t23-,25+,27+/m1/s1. The van der Waals surface area contributed by atoms with Crippen molar-refractivity contribution in [3.63, 3.8) is 0 Å². The number of carbonyl (C=O) groups is 2. The number of carboxylic acids is 1. The molecule has 7 nitrogen and oxygen atoms in total. The van der Waals surface area contributed by atoms with Crippen LogP contribution in [0.1, 0.15) is 52.8 Å². The Kier molecular flexibility index (Phi) is 8.20. The quantitative estimate of drug-likeness (QED) is 0.372. The summed E-state index contributed by atoms with van der Waals surface area (Å²) < 4.78 is 12.7. The van der Waals surface area contributed by atoms with Crippen molar-refractivity contribution in [1.29, 1.82) is 0 Å². The minimum absolute atomic E-state index is 0.0204. The van der Waals surface area contributed by atoms with E-state index in [0.29, 0.717) is 17.9 Å². The van der Waals surface area contributed by atoms with Gasteiger partial charge in [-0.05, 0) is 47.5 Å². The van der Waals surface area contributed by atoms with Gasteiger partial charge in [0.25, 0.3) is 0 Å². The second-order valence-electron chi connectivity index (χ2n) is 8.30. The molecule has 35 heavy (non-hydrogen) atoms. The normalized spacial score (nSPS) is 19.8. The predicted molar refractivity (Wildman–Crippen MR) is 133 cm³/mol. The van der Waals surface area contributed by atoms with E-state index < -0.39 is 12.3 Å². The van der Waals surface area contributed by atoms with E-state index in [4.69, 9.17) is 14.6 Å². The number of rotatable bonds is 8. The van der Waals surface area contributed by atoms with E-state index in [2.05, 4.69) is 5.32 Å². The Labute approximate surface area is 208 Å². The number of carbonyl (C=O) groups excluding carboxylic acids is 1. The van der Waals surface area contributed by atoms with Crippen molar-refractivity contribution < 1.29 is 29.3 Å². The van der Waals surface area contributed by atoms with Crippen molar-refractivity contribution in [2.45, 2.75) is 43.3 Å². The molecule has 1 saturated heterocycles. The molecule has 1 amide bonds. The van der Waals surface area contributed by atoms with Crippen LogP contribution in [0.3, 0.4) is 0 Å². The van der Waals surface area contributed by atoms with Crippen LogP contribution < -0.4 is 5.32 Å². The van der Waals surface area contributed by atoms with Gasteiger partial charge in [0.1, 0.15) is 0 Å². The van der Waals surface area contributed by atoms with E-state index in [-0.39, 0.29) is 30.3 Å². The fourth-order valence-electron chi connectivity index (χ4n) is 3.87. The lowest BCUT2D eigenvalue weighted by atomic mass is 10.0. The minimum atomic E-state index is -0.950. The molecule has 1 heterocycles. The summed E-state index contributed by atoms with van der Waals surface area (Å²) in [6.45, 7) is 1.44. The van der Waals surface area contributed by atoms with Gasteiger partial charge in [-0.25, -0.2) is 4.79 Å². The molecule has 0 bridgehead atoms. The van der Waals surface area contributed by atoms with Crippen LogP contribution >= 0.6 is 11.8 Å². The molecule has 3 N–H and O–H groups in total. The summed E-state index contributed by atoms with van der Waals surface area (Å²) in [6.07, 6.45) is -0.337. The summed E-state index contributed by atoms with van der Waals surface area (Å²) in [4.78, 5) is 23.6. The third-order valence-electron chi connectivity index (χ3n) is 5.63. The van der Waals surface area contributed by atoms with Crippen LogP contribution in [0.5, 0.6) is 0 Å². The predicted octanol–water partition coefficient (Wildman–Crippen LogP) is 5.17. The summed E-state index contributed by atoms with van der Waals surface area (Å²) in [5.74, 6) is -0.450. The molecule has 0 aliphatic carbocycles. The Morgan fingerprint density at radius 3 is 2.40 bits per heavy atom. The number of benzene rings is 3. The minimum Gasteiger partial charge on any atom is -0.478 e. The highest BCUT2D eigenvalue weighted by Crippen LogP contribution is 2.40. The van der Waals surface area contributed by atoms with Gasteiger partial charge in [-0.1, -0.05) is 36.4 Å². The average molecular weight is 494 g/mol. The molecule has 1 aliphatic rings. The highest BCUT2D eigenvalue weighted by atomic mass is 32.2. The van der Waals surface area contributed by atoms with Crippen LogP contribution in [0.25, 0.3) is 0 Å². The Morgan fingerprint density at radius 2 is 1.74 bits per heavy atom. The van der Waals surface area contributed by atoms with Crippen molar-refractivity contribution in [3.8, 4) is 0 Å². The fourth-order valence-corrected chi connectivity index (χ4v) is 4.79. The molecule has 0 saturated carbocycles. The first-order valence-electron chi connectivity index (χ1n) is 11.3. The highest BCUT2D eigenvalue weighted by molar-refractivity contribution is 7.99. The van der Waals surface area contributed by atoms with Gasteiger partial charge in [-0.3, -0.25) is 4.79 Å². The second kappa shape index (κ2) is 11.5. The van der Waals surface area contributed by atoms with Gasteiger partial charge in [0.15, 0.2) is 6.29 Å². The van der Waals surface area contributed by atoms with Crippen LogP contribution in [0.4, 0.5) is 5.69 Å². The zero-order chi connectivity index (χ0) is 24.8. The Balaban J connectivity index is 1.53. The lowest BCUT2D eigenvalue weighted by Crippen LogP contribution is -2.31. The zero-order valence-electron chi connectivity index (χ0n) is 19.2. The van der Waals surface area contributed by atoms with Crippen LogP contribution in [0.2, 0.25) is 0 Å². The van der Waals surface area contributed by atoms with E-state index in [1.54, 1.807) is 36.0 Å². The lowest BCUT2D eigenvalue weighted by Gasteiger charge is -2.36. The molecule has 3 atom stereocenters. The monoisotopic (exact) mass is 493 g/mol. The molecule has 0 aromatic heterocycles. The van der Waals surface area contributed by atoms with Crippen molar-refractivity contribution in [1.82, 2.24) is 0 Å². The number of aliphatic hydroxyl groups is 1. The van der Waals surface area contributed by atoms with Gasteiger partial charge in [-0.15, -0.1) is 11.8 Å². The molecule has 1 fully saturated rings. The number of thioether (sulfide) groups is 1. The third-order valence-corrected chi connectivity index (χ3v) is 6.78. The molecule has 4 rings (SSSR count). The van der Waals surface area contributed by atoms with Gasteiger partial charge in [-0.2, -0.15) is 0 Å². The molecule has 8 heteroatoms.